The third-order valence-corrected chi connectivity index (χ3v) is 5.84. The largest absolute Gasteiger partial charge is 0.326 e. The van der Waals surface area contributed by atoms with Crippen LogP contribution in [0.3, 0.4) is 0 Å². The number of benzene rings is 1. The summed E-state index contributed by atoms with van der Waals surface area (Å²) in [4.78, 5) is 0.262. The van der Waals surface area contributed by atoms with Crippen molar-refractivity contribution in [1.82, 2.24) is 4.31 Å². The molecule has 0 aliphatic rings. The van der Waals surface area contributed by atoms with E-state index in [1.165, 1.54) is 0 Å². The Balaban J connectivity index is 3.10. The molecule has 0 heterocycles. The van der Waals surface area contributed by atoms with Crippen LogP contribution in [-0.2, 0) is 16.6 Å². The summed E-state index contributed by atoms with van der Waals surface area (Å²) in [6.07, 6.45) is 2.95. The van der Waals surface area contributed by atoms with Crippen molar-refractivity contribution in [2.45, 2.75) is 57.5 Å². The van der Waals surface area contributed by atoms with Gasteiger partial charge >= 0.3 is 0 Å². The topological polar surface area (TPSA) is 63.4 Å². The van der Waals surface area contributed by atoms with Gasteiger partial charge in [0.15, 0.2) is 0 Å². The molecule has 0 aliphatic heterocycles. The number of sulfonamides is 1. The molecule has 0 saturated carbocycles. The van der Waals surface area contributed by atoms with Gasteiger partial charge in [-0.1, -0.05) is 31.4 Å². The normalized spacial score (nSPS) is 12.3. The highest BCUT2D eigenvalue weighted by Gasteiger charge is 2.26. The molecule has 0 atom stereocenters. The molecule has 0 spiro atoms. The van der Waals surface area contributed by atoms with Gasteiger partial charge in [-0.05, 0) is 44.0 Å². The van der Waals surface area contributed by atoms with E-state index in [2.05, 4.69) is 6.92 Å². The summed E-state index contributed by atoms with van der Waals surface area (Å²) in [6, 6.07) is 4.64. The van der Waals surface area contributed by atoms with E-state index in [0.29, 0.717) is 17.1 Å². The van der Waals surface area contributed by atoms with E-state index in [1.807, 2.05) is 13.8 Å². The summed E-state index contributed by atoms with van der Waals surface area (Å²) < 4.78 is 27.1. The number of hydrogen-bond acceptors (Lipinski definition) is 3. The smallest absolute Gasteiger partial charge is 0.243 e. The highest BCUT2D eigenvalue weighted by molar-refractivity contribution is 7.89. The lowest BCUT2D eigenvalue weighted by Gasteiger charge is -2.26. The minimum absolute atomic E-state index is 0.0798. The predicted molar refractivity (Wildman–Crippen MR) is 87.9 cm³/mol. The van der Waals surface area contributed by atoms with Crippen LogP contribution in [0.15, 0.2) is 23.1 Å². The first kappa shape index (κ1) is 18.4. The number of hydrogen-bond donors (Lipinski definition) is 1. The van der Waals surface area contributed by atoms with Crippen LogP contribution in [0.4, 0.5) is 0 Å². The molecule has 1 rings (SSSR count). The molecular weight excluding hydrogens is 308 g/mol. The van der Waals surface area contributed by atoms with Gasteiger partial charge in [-0.2, -0.15) is 4.31 Å². The molecule has 4 nitrogen and oxygen atoms in total. The molecule has 0 saturated heterocycles. The minimum atomic E-state index is -3.51. The van der Waals surface area contributed by atoms with Crippen LogP contribution in [0.2, 0.25) is 5.02 Å². The average molecular weight is 333 g/mol. The molecule has 0 aromatic heterocycles. The first-order valence-corrected chi connectivity index (χ1v) is 9.16. The minimum Gasteiger partial charge on any atom is -0.326 e. The highest BCUT2D eigenvalue weighted by Crippen LogP contribution is 2.24. The van der Waals surface area contributed by atoms with Crippen LogP contribution >= 0.6 is 11.6 Å². The molecular formula is C15H25ClN2O2S. The zero-order chi connectivity index (χ0) is 16.0. The van der Waals surface area contributed by atoms with E-state index in [9.17, 15) is 8.42 Å². The molecule has 0 aliphatic carbocycles. The third kappa shape index (κ3) is 4.68. The maximum atomic E-state index is 12.8. The monoisotopic (exact) mass is 332 g/mol. The van der Waals surface area contributed by atoms with Crippen molar-refractivity contribution in [2.24, 2.45) is 5.73 Å². The second kappa shape index (κ2) is 8.13. The number of rotatable bonds is 8. The second-order valence-corrected chi connectivity index (χ2v) is 7.67. The van der Waals surface area contributed by atoms with Crippen LogP contribution in [-0.4, -0.2) is 25.3 Å². The molecule has 1 aromatic rings. The molecule has 2 N–H and O–H groups in total. The number of unbranched alkanes of at least 4 members (excludes halogenated alkanes) is 2. The fourth-order valence-electron chi connectivity index (χ4n) is 2.18. The number of nitrogens with zero attached hydrogens (tertiary/aromatic N) is 1. The lowest BCUT2D eigenvalue weighted by molar-refractivity contribution is 0.345. The van der Waals surface area contributed by atoms with Crippen LogP contribution in [0, 0.1) is 0 Å². The van der Waals surface area contributed by atoms with Gasteiger partial charge in [-0.15, -0.1) is 0 Å². The zero-order valence-corrected chi connectivity index (χ0v) is 14.5. The van der Waals surface area contributed by atoms with Crippen molar-refractivity contribution >= 4 is 21.6 Å². The first-order valence-electron chi connectivity index (χ1n) is 7.35. The van der Waals surface area contributed by atoms with Gasteiger partial charge in [0.1, 0.15) is 0 Å². The fourth-order valence-corrected chi connectivity index (χ4v) is 4.10. The summed E-state index contributed by atoms with van der Waals surface area (Å²) in [6.45, 7) is 6.64. The predicted octanol–water partition coefficient (Wildman–Crippen LogP) is 3.39. The second-order valence-electron chi connectivity index (χ2n) is 5.37. The molecule has 120 valence electrons. The van der Waals surface area contributed by atoms with Gasteiger partial charge in [-0.3, -0.25) is 0 Å². The van der Waals surface area contributed by atoms with E-state index in [0.717, 1.165) is 19.3 Å². The van der Waals surface area contributed by atoms with E-state index in [-0.39, 0.29) is 17.5 Å². The molecule has 21 heavy (non-hydrogen) atoms. The Bertz CT molecular complexity index is 559. The summed E-state index contributed by atoms with van der Waals surface area (Å²) in [5.74, 6) is 0. The van der Waals surface area contributed by atoms with Crippen molar-refractivity contribution < 1.29 is 8.42 Å². The Morgan fingerprint density at radius 2 is 1.95 bits per heavy atom. The summed E-state index contributed by atoms with van der Waals surface area (Å²) >= 11 is 6.00. The summed E-state index contributed by atoms with van der Waals surface area (Å²) in [5, 5.41) is 0.499. The lowest BCUT2D eigenvalue weighted by Crippen LogP contribution is -2.37. The Hall–Kier alpha value is -0.620. The maximum absolute atomic E-state index is 12.8. The van der Waals surface area contributed by atoms with E-state index in [4.69, 9.17) is 17.3 Å². The number of nitrogens with two attached hydrogens (primary N) is 1. The molecule has 0 radical (unpaired) electrons. The van der Waals surface area contributed by atoms with Crippen molar-refractivity contribution in [1.29, 1.82) is 0 Å². The van der Waals surface area contributed by atoms with Crippen molar-refractivity contribution in [3.8, 4) is 0 Å². The molecule has 0 amide bonds. The molecule has 0 fully saturated rings. The van der Waals surface area contributed by atoms with Crippen LogP contribution < -0.4 is 5.73 Å². The van der Waals surface area contributed by atoms with Gasteiger partial charge in [0.05, 0.1) is 4.90 Å². The zero-order valence-electron chi connectivity index (χ0n) is 13.0. The van der Waals surface area contributed by atoms with Crippen molar-refractivity contribution in [3.05, 3.63) is 28.8 Å². The highest BCUT2D eigenvalue weighted by atomic mass is 35.5. The molecule has 0 bridgehead atoms. The Morgan fingerprint density at radius 1 is 1.29 bits per heavy atom. The van der Waals surface area contributed by atoms with Crippen molar-refractivity contribution in [2.75, 3.05) is 6.54 Å². The summed E-state index contributed by atoms with van der Waals surface area (Å²) in [5.41, 5.74) is 6.25. The van der Waals surface area contributed by atoms with E-state index < -0.39 is 10.0 Å². The van der Waals surface area contributed by atoms with Gasteiger partial charge in [0.25, 0.3) is 0 Å². The number of halogens is 1. The fraction of sp³-hybridized carbons (Fsp3) is 0.600. The molecule has 0 unspecified atom stereocenters. The van der Waals surface area contributed by atoms with E-state index >= 15 is 0 Å². The summed E-state index contributed by atoms with van der Waals surface area (Å²) in [7, 11) is -3.51. The van der Waals surface area contributed by atoms with Gasteiger partial charge in [-0.25, -0.2) is 8.42 Å². The van der Waals surface area contributed by atoms with Crippen LogP contribution in [0.25, 0.3) is 0 Å². The van der Waals surface area contributed by atoms with Crippen LogP contribution in [0.1, 0.15) is 45.6 Å². The van der Waals surface area contributed by atoms with Crippen molar-refractivity contribution in [3.63, 3.8) is 0 Å². The Labute approximate surface area is 133 Å². The van der Waals surface area contributed by atoms with Crippen LogP contribution in [0.5, 0.6) is 0 Å². The third-order valence-electron chi connectivity index (χ3n) is 3.40. The van der Waals surface area contributed by atoms with Gasteiger partial charge in [0.2, 0.25) is 10.0 Å². The molecule has 1 aromatic carbocycles. The van der Waals surface area contributed by atoms with Gasteiger partial charge in [0, 0.05) is 24.2 Å². The SMILES string of the molecule is CCCCCN(C(C)C)S(=O)(=O)c1ccc(Cl)c(CN)c1. The standard InChI is InChI=1S/C15H25ClN2O2S/c1-4-5-6-9-18(12(2)3)21(19,20)14-7-8-15(16)13(10-14)11-17/h7-8,10,12H,4-6,9,11,17H2,1-3H3. The lowest BCUT2D eigenvalue weighted by atomic mass is 10.2. The van der Waals surface area contributed by atoms with E-state index in [1.54, 1.807) is 22.5 Å². The molecule has 6 heteroatoms. The van der Waals surface area contributed by atoms with Gasteiger partial charge < -0.3 is 5.73 Å². The first-order chi connectivity index (χ1) is 9.84. The Morgan fingerprint density at radius 3 is 2.48 bits per heavy atom. The average Bonchev–Trinajstić information content (AvgIpc) is 2.43. The Kier molecular flexibility index (Phi) is 7.13. The quantitative estimate of drug-likeness (QED) is 0.742. The maximum Gasteiger partial charge on any atom is 0.243 e.